The largest absolute Gasteiger partial charge is 0.469 e. The monoisotopic (exact) mass is 258 g/mol. The summed E-state index contributed by atoms with van der Waals surface area (Å²) in [7, 11) is 0. The Labute approximate surface area is 115 Å². The quantitative estimate of drug-likeness (QED) is 0.771. The summed E-state index contributed by atoms with van der Waals surface area (Å²) in [4.78, 5) is 4.11. The lowest BCUT2D eigenvalue weighted by Crippen LogP contribution is -2.19. The number of hydrogen-bond donors (Lipinski definition) is 1. The molecule has 3 heteroatoms. The van der Waals surface area contributed by atoms with Crippen LogP contribution >= 0.6 is 0 Å². The molecule has 2 aromatic heterocycles. The van der Waals surface area contributed by atoms with Gasteiger partial charge in [-0.2, -0.15) is 0 Å². The first-order valence-electron chi connectivity index (χ1n) is 6.90. The second-order valence-corrected chi connectivity index (χ2v) is 5.19. The molecule has 2 heterocycles. The second-order valence-electron chi connectivity index (χ2n) is 5.19. The van der Waals surface area contributed by atoms with Crippen LogP contribution in [0.1, 0.15) is 37.5 Å². The zero-order chi connectivity index (χ0) is 13.5. The fourth-order valence-corrected chi connectivity index (χ4v) is 2.30. The second kappa shape index (κ2) is 7.10. The molecule has 0 amide bonds. The molecule has 0 fully saturated rings. The third kappa shape index (κ3) is 4.21. The van der Waals surface area contributed by atoms with Gasteiger partial charge in [-0.3, -0.25) is 4.98 Å². The summed E-state index contributed by atoms with van der Waals surface area (Å²) in [5.74, 6) is 2.17. The Balaban J connectivity index is 1.77. The number of pyridine rings is 1. The van der Waals surface area contributed by atoms with Crippen molar-refractivity contribution < 1.29 is 4.42 Å². The van der Waals surface area contributed by atoms with Gasteiger partial charge in [0.05, 0.1) is 6.26 Å². The maximum atomic E-state index is 5.53. The van der Waals surface area contributed by atoms with Crippen molar-refractivity contribution in [3.05, 3.63) is 54.2 Å². The maximum Gasteiger partial charge on any atom is 0.107 e. The lowest BCUT2D eigenvalue weighted by molar-refractivity contribution is 0.372. The highest BCUT2D eigenvalue weighted by Gasteiger charge is 2.17. The van der Waals surface area contributed by atoms with Crippen LogP contribution in [0.5, 0.6) is 0 Å². The fraction of sp³-hybridized carbons (Fsp3) is 0.438. The average molecular weight is 258 g/mol. The van der Waals surface area contributed by atoms with E-state index >= 15 is 0 Å². The lowest BCUT2D eigenvalue weighted by Gasteiger charge is -2.18. The van der Waals surface area contributed by atoms with E-state index in [-0.39, 0.29) is 0 Å². The van der Waals surface area contributed by atoms with Crippen molar-refractivity contribution in [2.24, 2.45) is 5.92 Å². The first-order valence-corrected chi connectivity index (χ1v) is 6.90. The van der Waals surface area contributed by atoms with E-state index in [1.807, 2.05) is 18.3 Å². The molecule has 1 atom stereocenters. The third-order valence-corrected chi connectivity index (χ3v) is 3.40. The summed E-state index contributed by atoms with van der Waals surface area (Å²) in [6.07, 6.45) is 6.55. The lowest BCUT2D eigenvalue weighted by atomic mass is 9.90. The van der Waals surface area contributed by atoms with Crippen molar-refractivity contribution in [3.63, 3.8) is 0 Å². The average Bonchev–Trinajstić information content (AvgIpc) is 2.93. The molecular formula is C16H22N2O. The van der Waals surface area contributed by atoms with Gasteiger partial charge in [0.2, 0.25) is 0 Å². The van der Waals surface area contributed by atoms with E-state index < -0.39 is 0 Å². The molecule has 0 aliphatic heterocycles. The smallest absolute Gasteiger partial charge is 0.107 e. The number of aromatic nitrogens is 1. The first-order chi connectivity index (χ1) is 9.27. The van der Waals surface area contributed by atoms with E-state index in [1.54, 1.807) is 12.5 Å². The van der Waals surface area contributed by atoms with Gasteiger partial charge in [0.1, 0.15) is 5.76 Å². The van der Waals surface area contributed by atoms with Crippen LogP contribution in [0.4, 0.5) is 0 Å². The topological polar surface area (TPSA) is 38.1 Å². The zero-order valence-electron chi connectivity index (χ0n) is 11.7. The molecule has 2 rings (SSSR count). The minimum atomic E-state index is 0.483. The van der Waals surface area contributed by atoms with E-state index in [2.05, 4.69) is 36.3 Å². The van der Waals surface area contributed by atoms with Gasteiger partial charge < -0.3 is 9.73 Å². The Hall–Kier alpha value is -1.61. The molecule has 0 unspecified atom stereocenters. The van der Waals surface area contributed by atoms with Gasteiger partial charge in [-0.05, 0) is 42.6 Å². The van der Waals surface area contributed by atoms with Crippen LogP contribution in [0.3, 0.4) is 0 Å². The van der Waals surface area contributed by atoms with Crippen LogP contribution in [0.15, 0.2) is 47.3 Å². The summed E-state index contributed by atoms with van der Waals surface area (Å²) in [5.41, 5.74) is 1.22. The van der Waals surface area contributed by atoms with Crippen molar-refractivity contribution in [2.45, 2.75) is 32.7 Å². The molecule has 0 spiro atoms. The summed E-state index contributed by atoms with van der Waals surface area (Å²) >= 11 is 0. The standard InChI is InChI=1S/C16H22N2O/c1-13(2)15(16-6-4-10-19-16)7-9-18-12-14-5-3-8-17-11-14/h3-6,8,10-11,13,15,18H,7,9,12H2,1-2H3/t15-/m0/s1. The molecule has 0 radical (unpaired) electrons. The van der Waals surface area contributed by atoms with E-state index in [0.29, 0.717) is 11.8 Å². The van der Waals surface area contributed by atoms with Gasteiger partial charge >= 0.3 is 0 Å². The van der Waals surface area contributed by atoms with Gasteiger partial charge in [-0.25, -0.2) is 0 Å². The molecule has 2 aromatic rings. The van der Waals surface area contributed by atoms with Crippen molar-refractivity contribution >= 4 is 0 Å². The van der Waals surface area contributed by atoms with Crippen LogP contribution in [-0.4, -0.2) is 11.5 Å². The molecule has 0 saturated heterocycles. The number of furan rings is 1. The van der Waals surface area contributed by atoms with Crippen molar-refractivity contribution in [1.82, 2.24) is 10.3 Å². The predicted molar refractivity (Wildman–Crippen MR) is 76.8 cm³/mol. The Morgan fingerprint density at radius 3 is 2.79 bits per heavy atom. The van der Waals surface area contributed by atoms with E-state index in [4.69, 9.17) is 4.42 Å². The molecule has 0 aromatic carbocycles. The van der Waals surface area contributed by atoms with Crippen molar-refractivity contribution in [2.75, 3.05) is 6.54 Å². The van der Waals surface area contributed by atoms with Gasteiger partial charge in [-0.15, -0.1) is 0 Å². The third-order valence-electron chi connectivity index (χ3n) is 3.40. The number of nitrogens with one attached hydrogen (secondary N) is 1. The predicted octanol–water partition coefficient (Wildman–Crippen LogP) is 3.59. The highest BCUT2D eigenvalue weighted by molar-refractivity contribution is 5.08. The van der Waals surface area contributed by atoms with Crippen LogP contribution in [0.25, 0.3) is 0 Å². The summed E-state index contributed by atoms with van der Waals surface area (Å²) in [6, 6.07) is 8.10. The Morgan fingerprint density at radius 1 is 1.26 bits per heavy atom. The van der Waals surface area contributed by atoms with Gasteiger partial charge in [-0.1, -0.05) is 19.9 Å². The number of hydrogen-bond acceptors (Lipinski definition) is 3. The Kier molecular flexibility index (Phi) is 5.16. The highest BCUT2D eigenvalue weighted by atomic mass is 16.3. The minimum Gasteiger partial charge on any atom is -0.469 e. The molecular weight excluding hydrogens is 236 g/mol. The van der Waals surface area contributed by atoms with Crippen molar-refractivity contribution in [3.8, 4) is 0 Å². The van der Waals surface area contributed by atoms with Crippen molar-refractivity contribution in [1.29, 1.82) is 0 Å². The summed E-state index contributed by atoms with van der Waals surface area (Å²) in [6.45, 7) is 6.35. The van der Waals surface area contributed by atoms with E-state index in [9.17, 15) is 0 Å². The molecule has 0 bridgehead atoms. The molecule has 1 N–H and O–H groups in total. The normalized spacial score (nSPS) is 12.8. The molecule has 0 aliphatic rings. The summed E-state index contributed by atoms with van der Waals surface area (Å²) < 4.78 is 5.53. The van der Waals surface area contributed by atoms with Crippen LogP contribution in [0.2, 0.25) is 0 Å². The molecule has 3 nitrogen and oxygen atoms in total. The molecule has 0 aliphatic carbocycles. The van der Waals surface area contributed by atoms with Crippen LogP contribution in [-0.2, 0) is 6.54 Å². The zero-order valence-corrected chi connectivity index (χ0v) is 11.7. The highest BCUT2D eigenvalue weighted by Crippen LogP contribution is 2.27. The van der Waals surface area contributed by atoms with Crippen LogP contribution in [0, 0.1) is 5.92 Å². The maximum absolute atomic E-state index is 5.53. The minimum absolute atomic E-state index is 0.483. The number of nitrogens with zero attached hydrogens (tertiary/aromatic N) is 1. The van der Waals surface area contributed by atoms with E-state index in [1.165, 1.54) is 5.56 Å². The van der Waals surface area contributed by atoms with Crippen LogP contribution < -0.4 is 5.32 Å². The van der Waals surface area contributed by atoms with E-state index in [0.717, 1.165) is 25.3 Å². The van der Waals surface area contributed by atoms with Gasteiger partial charge in [0.15, 0.2) is 0 Å². The Bertz CT molecular complexity index is 451. The Morgan fingerprint density at radius 2 is 2.16 bits per heavy atom. The fourth-order valence-electron chi connectivity index (χ4n) is 2.30. The molecule has 102 valence electrons. The van der Waals surface area contributed by atoms with Gasteiger partial charge in [0.25, 0.3) is 0 Å². The molecule has 0 saturated carbocycles. The SMILES string of the molecule is CC(C)[C@H](CCNCc1cccnc1)c1ccco1. The summed E-state index contributed by atoms with van der Waals surface area (Å²) in [5, 5.41) is 3.47. The molecule has 19 heavy (non-hydrogen) atoms. The number of rotatable bonds is 7. The first kappa shape index (κ1) is 13.8. The van der Waals surface area contributed by atoms with Gasteiger partial charge in [0, 0.05) is 24.9 Å².